The molecule has 1 aromatic heterocycles. The Morgan fingerprint density at radius 1 is 1.17 bits per heavy atom. The van der Waals surface area contributed by atoms with Crippen LogP contribution in [0.2, 0.25) is 0 Å². The van der Waals surface area contributed by atoms with E-state index in [2.05, 4.69) is 36.8 Å². The van der Waals surface area contributed by atoms with Gasteiger partial charge in [-0.15, -0.1) is 0 Å². The normalized spacial score (nSPS) is 10.7. The van der Waals surface area contributed by atoms with Crippen LogP contribution in [0.25, 0.3) is 0 Å². The quantitative estimate of drug-likeness (QED) is 0.873. The number of hydrogen-bond donors (Lipinski definition) is 1. The number of nitrogens with one attached hydrogen (secondary N) is 1. The van der Waals surface area contributed by atoms with Gasteiger partial charge in [-0.1, -0.05) is 6.07 Å². The second-order valence-electron chi connectivity index (χ2n) is 4.77. The van der Waals surface area contributed by atoms with Crippen LogP contribution in [0.15, 0.2) is 24.3 Å². The van der Waals surface area contributed by atoms with Crippen molar-refractivity contribution in [1.82, 2.24) is 4.57 Å². The number of benzene rings is 1. The molecule has 1 aromatic carbocycles. The van der Waals surface area contributed by atoms with Gasteiger partial charge in [0.2, 0.25) is 0 Å². The van der Waals surface area contributed by atoms with Gasteiger partial charge in [-0.3, -0.25) is 0 Å². The molecule has 2 nitrogen and oxygen atoms in total. The molecule has 2 rings (SSSR count). The first-order valence-corrected chi connectivity index (χ1v) is 6.11. The minimum atomic E-state index is -0.205. The number of rotatable bonds is 3. The highest BCUT2D eigenvalue weighted by Crippen LogP contribution is 2.19. The van der Waals surface area contributed by atoms with Crippen molar-refractivity contribution in [3.8, 4) is 0 Å². The van der Waals surface area contributed by atoms with Crippen LogP contribution in [-0.2, 0) is 13.6 Å². The summed E-state index contributed by atoms with van der Waals surface area (Å²) in [5.74, 6) is -0.205. The lowest BCUT2D eigenvalue weighted by Crippen LogP contribution is -2.03. The van der Waals surface area contributed by atoms with E-state index in [4.69, 9.17) is 0 Å². The molecule has 1 heterocycles. The van der Waals surface area contributed by atoms with E-state index in [1.165, 1.54) is 23.0 Å². The predicted octanol–water partition coefficient (Wildman–Crippen LogP) is 3.70. The largest absolute Gasteiger partial charge is 0.381 e. The zero-order valence-corrected chi connectivity index (χ0v) is 11.3. The van der Waals surface area contributed by atoms with Crippen molar-refractivity contribution in [1.29, 1.82) is 0 Å². The molecule has 1 N–H and O–H groups in total. The first kappa shape index (κ1) is 12.7. The summed E-state index contributed by atoms with van der Waals surface area (Å²) in [5, 5.41) is 3.30. The van der Waals surface area contributed by atoms with Gasteiger partial charge in [0.1, 0.15) is 5.82 Å². The zero-order valence-electron chi connectivity index (χ0n) is 11.3. The van der Waals surface area contributed by atoms with Crippen LogP contribution < -0.4 is 5.32 Å². The SMILES string of the molecule is Cc1ccc(F)cc1NCc1cc(C)n(C)c1C. The Morgan fingerprint density at radius 2 is 1.89 bits per heavy atom. The molecule has 0 unspecified atom stereocenters. The van der Waals surface area contributed by atoms with Gasteiger partial charge in [-0.25, -0.2) is 4.39 Å². The molecule has 0 aliphatic rings. The molecule has 0 aliphatic carbocycles. The Bertz CT molecular complexity index is 570. The van der Waals surface area contributed by atoms with Gasteiger partial charge in [0.25, 0.3) is 0 Å². The van der Waals surface area contributed by atoms with E-state index < -0.39 is 0 Å². The Labute approximate surface area is 107 Å². The molecule has 0 bridgehead atoms. The molecule has 0 amide bonds. The molecular formula is C15H19FN2. The van der Waals surface area contributed by atoms with Crippen molar-refractivity contribution >= 4 is 5.69 Å². The van der Waals surface area contributed by atoms with E-state index in [1.807, 2.05) is 6.92 Å². The van der Waals surface area contributed by atoms with Crippen molar-refractivity contribution in [2.75, 3.05) is 5.32 Å². The first-order valence-electron chi connectivity index (χ1n) is 6.11. The summed E-state index contributed by atoms with van der Waals surface area (Å²) in [6.07, 6.45) is 0. The maximum atomic E-state index is 13.2. The fraction of sp³-hybridized carbons (Fsp3) is 0.333. The monoisotopic (exact) mass is 246 g/mol. The van der Waals surface area contributed by atoms with Crippen molar-refractivity contribution in [3.63, 3.8) is 0 Å². The van der Waals surface area contributed by atoms with Gasteiger partial charge < -0.3 is 9.88 Å². The third kappa shape index (κ3) is 2.40. The predicted molar refractivity (Wildman–Crippen MR) is 73.4 cm³/mol. The van der Waals surface area contributed by atoms with Crippen LogP contribution in [0.4, 0.5) is 10.1 Å². The van der Waals surface area contributed by atoms with Gasteiger partial charge in [-0.05, 0) is 50.1 Å². The van der Waals surface area contributed by atoms with Gasteiger partial charge >= 0.3 is 0 Å². The van der Waals surface area contributed by atoms with Crippen molar-refractivity contribution in [2.24, 2.45) is 7.05 Å². The summed E-state index contributed by atoms with van der Waals surface area (Å²) in [5.41, 5.74) is 5.64. The number of nitrogens with zero attached hydrogens (tertiary/aromatic N) is 1. The van der Waals surface area contributed by atoms with Crippen LogP contribution in [0, 0.1) is 26.6 Å². The molecule has 0 saturated heterocycles. The molecule has 18 heavy (non-hydrogen) atoms. The second-order valence-corrected chi connectivity index (χ2v) is 4.77. The fourth-order valence-corrected chi connectivity index (χ4v) is 2.09. The number of anilines is 1. The molecule has 2 aromatic rings. The van der Waals surface area contributed by atoms with Crippen molar-refractivity contribution < 1.29 is 4.39 Å². The van der Waals surface area contributed by atoms with E-state index >= 15 is 0 Å². The second kappa shape index (κ2) is 4.84. The third-order valence-corrected chi connectivity index (χ3v) is 3.55. The van der Waals surface area contributed by atoms with Gasteiger partial charge in [0, 0.05) is 30.7 Å². The van der Waals surface area contributed by atoms with E-state index in [-0.39, 0.29) is 5.82 Å². The van der Waals surface area contributed by atoms with Gasteiger partial charge in [0.15, 0.2) is 0 Å². The van der Waals surface area contributed by atoms with Gasteiger partial charge in [-0.2, -0.15) is 0 Å². The van der Waals surface area contributed by atoms with Crippen molar-refractivity contribution in [3.05, 3.63) is 52.6 Å². The van der Waals surface area contributed by atoms with Crippen LogP contribution in [0.5, 0.6) is 0 Å². The topological polar surface area (TPSA) is 17.0 Å². The zero-order chi connectivity index (χ0) is 13.3. The summed E-state index contributed by atoms with van der Waals surface area (Å²) >= 11 is 0. The summed E-state index contributed by atoms with van der Waals surface area (Å²) in [6.45, 7) is 6.88. The highest BCUT2D eigenvalue weighted by atomic mass is 19.1. The van der Waals surface area contributed by atoms with Crippen molar-refractivity contribution in [2.45, 2.75) is 27.3 Å². The maximum absolute atomic E-state index is 13.2. The highest BCUT2D eigenvalue weighted by Gasteiger charge is 2.06. The molecule has 96 valence electrons. The average Bonchev–Trinajstić information content (AvgIpc) is 2.58. The summed E-state index contributed by atoms with van der Waals surface area (Å²) in [7, 11) is 2.06. The lowest BCUT2D eigenvalue weighted by molar-refractivity contribution is 0.628. The molecule has 0 saturated carbocycles. The molecular weight excluding hydrogens is 227 g/mol. The average molecular weight is 246 g/mol. The molecule has 3 heteroatoms. The minimum absolute atomic E-state index is 0.205. The van der Waals surface area contributed by atoms with Crippen LogP contribution in [0.1, 0.15) is 22.5 Å². The number of halogens is 1. The smallest absolute Gasteiger partial charge is 0.125 e. The Hall–Kier alpha value is -1.77. The Balaban J connectivity index is 2.16. The number of hydrogen-bond acceptors (Lipinski definition) is 1. The summed E-state index contributed by atoms with van der Waals surface area (Å²) in [6, 6.07) is 6.98. The Morgan fingerprint density at radius 3 is 2.50 bits per heavy atom. The standard InChI is InChI=1S/C15H19FN2/c1-10-5-6-14(16)8-15(10)17-9-13-7-11(2)18(4)12(13)3/h5-8,17H,9H2,1-4H3. The molecule has 0 aliphatic heterocycles. The summed E-state index contributed by atoms with van der Waals surface area (Å²) in [4.78, 5) is 0. The first-order chi connectivity index (χ1) is 8.49. The maximum Gasteiger partial charge on any atom is 0.125 e. The van der Waals surface area contributed by atoms with E-state index in [0.29, 0.717) is 0 Å². The highest BCUT2D eigenvalue weighted by molar-refractivity contribution is 5.51. The van der Waals surface area contributed by atoms with E-state index in [9.17, 15) is 4.39 Å². The fourth-order valence-electron chi connectivity index (χ4n) is 2.09. The lowest BCUT2D eigenvalue weighted by Gasteiger charge is -2.09. The van der Waals surface area contributed by atoms with E-state index in [1.54, 1.807) is 12.1 Å². The molecule has 0 spiro atoms. The van der Waals surface area contributed by atoms with Gasteiger partial charge in [0.05, 0.1) is 0 Å². The van der Waals surface area contributed by atoms with E-state index in [0.717, 1.165) is 17.8 Å². The Kier molecular flexibility index (Phi) is 3.41. The number of aryl methyl sites for hydroxylation is 2. The summed E-state index contributed by atoms with van der Waals surface area (Å²) < 4.78 is 15.3. The molecule has 0 radical (unpaired) electrons. The molecule has 0 fully saturated rings. The lowest BCUT2D eigenvalue weighted by atomic mass is 10.2. The number of aromatic nitrogens is 1. The molecule has 0 atom stereocenters. The van der Waals surface area contributed by atoms with Crippen LogP contribution in [0.3, 0.4) is 0 Å². The minimum Gasteiger partial charge on any atom is -0.381 e. The van der Waals surface area contributed by atoms with Crippen LogP contribution >= 0.6 is 0 Å². The van der Waals surface area contributed by atoms with Crippen LogP contribution in [-0.4, -0.2) is 4.57 Å². The third-order valence-electron chi connectivity index (χ3n) is 3.55.